The van der Waals surface area contributed by atoms with Crippen LogP contribution >= 0.6 is 11.8 Å². The molecular formula is C18H19N3O3S. The van der Waals surface area contributed by atoms with E-state index in [4.69, 9.17) is 8.83 Å². The summed E-state index contributed by atoms with van der Waals surface area (Å²) in [4.78, 5) is 12.1. The Bertz CT molecular complexity index is 838. The number of carbonyl (C=O) groups excluding carboxylic acids is 1. The lowest BCUT2D eigenvalue weighted by molar-refractivity contribution is -0.120. The highest BCUT2D eigenvalue weighted by Crippen LogP contribution is 2.27. The average molecular weight is 357 g/mol. The van der Waals surface area contributed by atoms with Gasteiger partial charge < -0.3 is 14.2 Å². The van der Waals surface area contributed by atoms with Crippen LogP contribution in [0, 0.1) is 13.8 Å². The molecule has 0 aliphatic carbocycles. The lowest BCUT2D eigenvalue weighted by Crippen LogP contribution is -2.30. The van der Waals surface area contributed by atoms with Crippen molar-refractivity contribution in [3.05, 3.63) is 53.5 Å². The molecule has 0 radical (unpaired) electrons. The maximum absolute atomic E-state index is 12.1. The molecule has 0 spiro atoms. The van der Waals surface area contributed by atoms with Crippen LogP contribution in [0.25, 0.3) is 11.5 Å². The first-order chi connectivity index (χ1) is 12.0. The van der Waals surface area contributed by atoms with Gasteiger partial charge in [0.1, 0.15) is 5.76 Å². The van der Waals surface area contributed by atoms with Crippen LogP contribution in [0.1, 0.15) is 23.8 Å². The molecule has 1 aromatic carbocycles. The van der Waals surface area contributed by atoms with Gasteiger partial charge in [-0.15, -0.1) is 10.2 Å². The van der Waals surface area contributed by atoms with Crippen LogP contribution in [0.4, 0.5) is 0 Å². The zero-order valence-electron chi connectivity index (χ0n) is 14.3. The van der Waals surface area contributed by atoms with Gasteiger partial charge in [0.25, 0.3) is 5.22 Å². The van der Waals surface area contributed by atoms with Gasteiger partial charge in [-0.25, -0.2) is 0 Å². The maximum atomic E-state index is 12.1. The smallest absolute Gasteiger partial charge is 0.277 e. The summed E-state index contributed by atoms with van der Waals surface area (Å²) in [6, 6.07) is 9.67. The Kier molecular flexibility index (Phi) is 5.23. The van der Waals surface area contributed by atoms with E-state index in [1.54, 1.807) is 19.3 Å². The van der Waals surface area contributed by atoms with Crippen LogP contribution in [0.5, 0.6) is 0 Å². The van der Waals surface area contributed by atoms with Gasteiger partial charge in [-0.3, -0.25) is 4.79 Å². The first kappa shape index (κ1) is 17.3. The molecule has 7 heteroatoms. The first-order valence-electron chi connectivity index (χ1n) is 7.90. The number of furan rings is 1. The minimum Gasteiger partial charge on any atom is -0.467 e. The number of aryl methyl sites for hydroxylation is 2. The van der Waals surface area contributed by atoms with E-state index in [0.717, 1.165) is 16.7 Å². The molecule has 1 N–H and O–H groups in total. The van der Waals surface area contributed by atoms with Crippen LogP contribution in [-0.2, 0) is 11.3 Å². The lowest BCUT2D eigenvalue weighted by atomic mass is 10.1. The molecule has 2 aromatic heterocycles. The third-order valence-electron chi connectivity index (χ3n) is 3.54. The largest absolute Gasteiger partial charge is 0.467 e. The molecule has 0 saturated heterocycles. The molecule has 0 bridgehead atoms. The first-order valence-corrected chi connectivity index (χ1v) is 8.78. The standard InChI is InChI=1S/C18H19N3O3S/c1-11-7-12(2)9-14(8-11)17-20-21-18(24-17)25-13(3)16(22)19-10-15-5-4-6-23-15/h4-9,13H,10H2,1-3H3,(H,19,22)/t13-/m1/s1. The highest BCUT2D eigenvalue weighted by atomic mass is 32.2. The van der Waals surface area contributed by atoms with Gasteiger partial charge in [-0.05, 0) is 45.0 Å². The van der Waals surface area contributed by atoms with Crippen molar-refractivity contribution in [3.8, 4) is 11.5 Å². The molecule has 0 fully saturated rings. The number of amides is 1. The van der Waals surface area contributed by atoms with Crippen LogP contribution < -0.4 is 5.32 Å². The van der Waals surface area contributed by atoms with Crippen molar-refractivity contribution >= 4 is 17.7 Å². The van der Waals surface area contributed by atoms with Crippen molar-refractivity contribution in [2.75, 3.05) is 0 Å². The van der Waals surface area contributed by atoms with E-state index in [0.29, 0.717) is 23.4 Å². The van der Waals surface area contributed by atoms with E-state index in [9.17, 15) is 4.79 Å². The quantitative estimate of drug-likeness (QED) is 0.677. The van der Waals surface area contributed by atoms with Crippen LogP contribution in [0.2, 0.25) is 0 Å². The lowest BCUT2D eigenvalue weighted by Gasteiger charge is -2.08. The highest BCUT2D eigenvalue weighted by Gasteiger charge is 2.19. The van der Waals surface area contributed by atoms with Crippen LogP contribution in [-0.4, -0.2) is 21.4 Å². The second-order valence-electron chi connectivity index (χ2n) is 5.81. The number of aromatic nitrogens is 2. The number of nitrogens with one attached hydrogen (secondary N) is 1. The minimum atomic E-state index is -0.359. The van der Waals surface area contributed by atoms with Gasteiger partial charge in [-0.1, -0.05) is 29.0 Å². The summed E-state index contributed by atoms with van der Waals surface area (Å²) in [5, 5.41) is 10.9. The molecule has 2 heterocycles. The fourth-order valence-electron chi connectivity index (χ4n) is 2.41. The van der Waals surface area contributed by atoms with E-state index < -0.39 is 0 Å². The second kappa shape index (κ2) is 7.57. The van der Waals surface area contributed by atoms with Gasteiger partial charge >= 0.3 is 0 Å². The fraction of sp³-hybridized carbons (Fsp3) is 0.278. The Morgan fingerprint density at radius 1 is 1.24 bits per heavy atom. The van der Waals surface area contributed by atoms with E-state index in [-0.39, 0.29) is 11.2 Å². The molecule has 0 saturated carbocycles. The predicted molar refractivity (Wildman–Crippen MR) is 95.1 cm³/mol. The number of nitrogens with zero attached hydrogens (tertiary/aromatic N) is 2. The van der Waals surface area contributed by atoms with Gasteiger partial charge in [0, 0.05) is 5.56 Å². The third-order valence-corrected chi connectivity index (χ3v) is 4.47. The predicted octanol–water partition coefficient (Wildman–Crippen LogP) is 3.74. The number of thioether (sulfide) groups is 1. The number of benzene rings is 1. The molecule has 6 nitrogen and oxygen atoms in total. The van der Waals surface area contributed by atoms with Gasteiger partial charge in [0.05, 0.1) is 18.1 Å². The minimum absolute atomic E-state index is 0.118. The Hall–Kier alpha value is -2.54. The zero-order chi connectivity index (χ0) is 17.8. The number of hydrogen-bond donors (Lipinski definition) is 1. The molecule has 0 aliphatic rings. The van der Waals surface area contributed by atoms with Gasteiger partial charge in [0.2, 0.25) is 11.8 Å². The molecule has 0 aliphatic heterocycles. The van der Waals surface area contributed by atoms with Crippen molar-refractivity contribution in [1.82, 2.24) is 15.5 Å². The topological polar surface area (TPSA) is 81.2 Å². The molecule has 1 amide bonds. The van der Waals surface area contributed by atoms with E-state index in [1.165, 1.54) is 11.8 Å². The summed E-state index contributed by atoms with van der Waals surface area (Å²) < 4.78 is 10.9. The van der Waals surface area contributed by atoms with Gasteiger partial charge in [-0.2, -0.15) is 0 Å². The summed E-state index contributed by atoms with van der Waals surface area (Å²) in [5.41, 5.74) is 3.15. The summed E-state index contributed by atoms with van der Waals surface area (Å²) in [6.07, 6.45) is 1.58. The molecule has 0 unspecified atom stereocenters. The number of rotatable bonds is 6. The van der Waals surface area contributed by atoms with Crippen molar-refractivity contribution in [1.29, 1.82) is 0 Å². The monoisotopic (exact) mass is 357 g/mol. The Morgan fingerprint density at radius 3 is 2.68 bits per heavy atom. The summed E-state index contributed by atoms with van der Waals surface area (Å²) in [6.45, 7) is 6.19. The van der Waals surface area contributed by atoms with E-state index in [2.05, 4.69) is 21.6 Å². The molecular weight excluding hydrogens is 338 g/mol. The summed E-state index contributed by atoms with van der Waals surface area (Å²) in [7, 11) is 0. The van der Waals surface area contributed by atoms with E-state index in [1.807, 2.05) is 32.0 Å². The van der Waals surface area contributed by atoms with Crippen molar-refractivity contribution in [2.45, 2.75) is 37.8 Å². The molecule has 3 aromatic rings. The summed E-state index contributed by atoms with van der Waals surface area (Å²) in [5.74, 6) is 1.05. The zero-order valence-corrected chi connectivity index (χ0v) is 15.1. The molecule has 25 heavy (non-hydrogen) atoms. The summed E-state index contributed by atoms with van der Waals surface area (Å²) >= 11 is 1.23. The Balaban J connectivity index is 1.61. The maximum Gasteiger partial charge on any atom is 0.277 e. The third kappa shape index (κ3) is 4.51. The highest BCUT2D eigenvalue weighted by molar-refractivity contribution is 8.00. The fourth-order valence-corrected chi connectivity index (χ4v) is 3.12. The Morgan fingerprint density at radius 2 is 2.00 bits per heavy atom. The van der Waals surface area contributed by atoms with E-state index >= 15 is 0 Å². The van der Waals surface area contributed by atoms with Crippen molar-refractivity contribution < 1.29 is 13.6 Å². The molecule has 130 valence electrons. The number of hydrogen-bond acceptors (Lipinski definition) is 6. The SMILES string of the molecule is Cc1cc(C)cc(-c2nnc(S[C@H](C)C(=O)NCc3ccco3)o2)c1. The normalized spacial score (nSPS) is 12.1. The van der Waals surface area contributed by atoms with Gasteiger partial charge in [0.15, 0.2) is 0 Å². The van der Waals surface area contributed by atoms with Crippen molar-refractivity contribution in [3.63, 3.8) is 0 Å². The number of carbonyl (C=O) groups is 1. The van der Waals surface area contributed by atoms with Crippen molar-refractivity contribution in [2.24, 2.45) is 0 Å². The van der Waals surface area contributed by atoms with Crippen LogP contribution in [0.3, 0.4) is 0 Å². The average Bonchev–Trinajstić information content (AvgIpc) is 3.23. The molecule has 3 rings (SSSR count). The second-order valence-corrected chi connectivity index (χ2v) is 7.10. The Labute approximate surface area is 150 Å². The molecule has 1 atom stereocenters. The van der Waals surface area contributed by atoms with Crippen LogP contribution in [0.15, 0.2) is 50.7 Å².